The van der Waals surface area contributed by atoms with Crippen molar-refractivity contribution >= 4 is 35.6 Å². The Labute approximate surface area is 154 Å². The summed E-state index contributed by atoms with van der Waals surface area (Å²) in [5.41, 5.74) is 7.72. The van der Waals surface area contributed by atoms with E-state index in [1.165, 1.54) is 0 Å². The number of nitrogens with two attached hydrogens (primary N) is 1. The van der Waals surface area contributed by atoms with Crippen molar-refractivity contribution in [3.63, 3.8) is 0 Å². The van der Waals surface area contributed by atoms with Crippen LogP contribution in [0.1, 0.15) is 30.6 Å². The highest BCUT2D eigenvalue weighted by Gasteiger charge is 2.19. The van der Waals surface area contributed by atoms with Crippen LogP contribution >= 0.6 is 12.4 Å². The molecule has 4 N–H and O–H groups in total. The molecule has 0 bridgehead atoms. The summed E-state index contributed by atoms with van der Waals surface area (Å²) in [5, 5.41) is 5.61. The van der Waals surface area contributed by atoms with Crippen molar-refractivity contribution < 1.29 is 9.59 Å². The molecule has 2 unspecified atom stereocenters. The van der Waals surface area contributed by atoms with Gasteiger partial charge < -0.3 is 16.4 Å². The first-order valence-electron chi connectivity index (χ1n) is 8.04. The molecule has 0 radical (unpaired) electrons. The van der Waals surface area contributed by atoms with Crippen LogP contribution < -0.4 is 16.4 Å². The van der Waals surface area contributed by atoms with Crippen LogP contribution in [-0.4, -0.2) is 17.9 Å². The van der Waals surface area contributed by atoms with E-state index in [-0.39, 0.29) is 30.1 Å². The Morgan fingerprint density at radius 2 is 1.60 bits per heavy atom. The van der Waals surface area contributed by atoms with Crippen molar-refractivity contribution in [2.45, 2.75) is 26.3 Å². The Hall–Kier alpha value is -2.37. The van der Waals surface area contributed by atoms with Crippen molar-refractivity contribution in [3.05, 3.63) is 60.2 Å². The van der Waals surface area contributed by atoms with Gasteiger partial charge in [-0.25, -0.2) is 0 Å². The van der Waals surface area contributed by atoms with Gasteiger partial charge in [-0.05, 0) is 36.2 Å². The second-order valence-electron chi connectivity index (χ2n) is 5.80. The van der Waals surface area contributed by atoms with Crippen molar-refractivity contribution in [1.29, 1.82) is 0 Å². The van der Waals surface area contributed by atoms with Gasteiger partial charge in [0.15, 0.2) is 0 Å². The first-order valence-corrected chi connectivity index (χ1v) is 8.04. The molecule has 2 rings (SSSR count). The van der Waals surface area contributed by atoms with Crippen LogP contribution in [0.3, 0.4) is 0 Å². The molecule has 0 saturated heterocycles. The predicted octanol–water partition coefficient (Wildman–Crippen LogP) is 3.67. The SMILES string of the molecule is CCC(C)C(N)C(=O)Nc1cccc(NC(=O)c2ccccc2)c1.Cl. The van der Waals surface area contributed by atoms with E-state index in [4.69, 9.17) is 5.73 Å². The van der Waals surface area contributed by atoms with E-state index >= 15 is 0 Å². The lowest BCUT2D eigenvalue weighted by Gasteiger charge is -2.18. The first-order chi connectivity index (χ1) is 11.5. The quantitative estimate of drug-likeness (QED) is 0.733. The molecule has 2 atom stereocenters. The van der Waals surface area contributed by atoms with Gasteiger partial charge >= 0.3 is 0 Å². The number of anilines is 2. The third kappa shape index (κ3) is 5.89. The third-order valence-corrected chi connectivity index (χ3v) is 3.98. The molecule has 2 aromatic rings. The Morgan fingerprint density at radius 1 is 1.00 bits per heavy atom. The average molecular weight is 362 g/mol. The highest BCUT2D eigenvalue weighted by atomic mass is 35.5. The standard InChI is InChI=1S/C19H23N3O2.ClH/c1-3-13(2)17(20)19(24)22-16-11-7-10-15(12-16)21-18(23)14-8-5-4-6-9-14;/h4-13,17H,3,20H2,1-2H3,(H,21,23)(H,22,24);1H. The molecular weight excluding hydrogens is 338 g/mol. The van der Waals surface area contributed by atoms with Gasteiger partial charge in [0.1, 0.15) is 0 Å². The molecule has 0 saturated carbocycles. The maximum absolute atomic E-state index is 12.2. The summed E-state index contributed by atoms with van der Waals surface area (Å²) in [5.74, 6) is -0.322. The highest BCUT2D eigenvalue weighted by Crippen LogP contribution is 2.17. The van der Waals surface area contributed by atoms with Gasteiger partial charge in [-0.3, -0.25) is 9.59 Å². The molecule has 6 heteroatoms. The van der Waals surface area contributed by atoms with Crippen molar-refractivity contribution in [2.24, 2.45) is 11.7 Å². The Balaban J connectivity index is 0.00000312. The second-order valence-corrected chi connectivity index (χ2v) is 5.80. The molecule has 0 heterocycles. The van der Waals surface area contributed by atoms with E-state index in [1.54, 1.807) is 36.4 Å². The summed E-state index contributed by atoms with van der Waals surface area (Å²) in [6, 6.07) is 15.4. The number of carbonyl (C=O) groups is 2. The molecule has 0 aliphatic rings. The molecule has 2 amide bonds. The van der Waals surface area contributed by atoms with E-state index in [9.17, 15) is 9.59 Å². The van der Waals surface area contributed by atoms with E-state index in [0.29, 0.717) is 16.9 Å². The summed E-state index contributed by atoms with van der Waals surface area (Å²) in [6.45, 7) is 3.94. The molecule has 0 aliphatic heterocycles. The molecule has 134 valence electrons. The van der Waals surface area contributed by atoms with Crippen molar-refractivity contribution in [2.75, 3.05) is 10.6 Å². The molecule has 0 aliphatic carbocycles. The van der Waals surface area contributed by atoms with Gasteiger partial charge in [-0.1, -0.05) is 44.5 Å². The Bertz CT molecular complexity index is 707. The third-order valence-electron chi connectivity index (χ3n) is 3.98. The summed E-state index contributed by atoms with van der Waals surface area (Å²) in [6.07, 6.45) is 0.835. The Kier molecular flexibility index (Phi) is 8.11. The largest absolute Gasteiger partial charge is 0.325 e. The van der Waals surface area contributed by atoms with Crippen LogP contribution in [0.25, 0.3) is 0 Å². The van der Waals surface area contributed by atoms with Crippen LogP contribution in [0.2, 0.25) is 0 Å². The maximum Gasteiger partial charge on any atom is 0.255 e. The number of nitrogens with one attached hydrogen (secondary N) is 2. The fraction of sp³-hybridized carbons (Fsp3) is 0.263. The van der Waals surface area contributed by atoms with Gasteiger partial charge in [0.05, 0.1) is 6.04 Å². The maximum atomic E-state index is 12.2. The van der Waals surface area contributed by atoms with Gasteiger partial charge in [-0.2, -0.15) is 0 Å². The molecule has 0 aromatic heterocycles. The number of hydrogen-bond donors (Lipinski definition) is 3. The van der Waals surface area contributed by atoms with Gasteiger partial charge in [-0.15, -0.1) is 12.4 Å². The number of amides is 2. The second kappa shape index (κ2) is 9.81. The molecule has 0 fully saturated rings. The normalized spacial score (nSPS) is 12.4. The topological polar surface area (TPSA) is 84.2 Å². The number of rotatable bonds is 6. The van der Waals surface area contributed by atoms with Crippen LogP contribution in [0.15, 0.2) is 54.6 Å². The summed E-state index contributed by atoms with van der Waals surface area (Å²) in [4.78, 5) is 24.3. The van der Waals surface area contributed by atoms with Crippen molar-refractivity contribution in [1.82, 2.24) is 0 Å². The van der Waals surface area contributed by atoms with Crippen LogP contribution in [0.4, 0.5) is 11.4 Å². The number of carbonyl (C=O) groups excluding carboxylic acids is 2. The van der Waals surface area contributed by atoms with Gasteiger partial charge in [0.2, 0.25) is 5.91 Å². The number of benzene rings is 2. The average Bonchev–Trinajstić information content (AvgIpc) is 2.61. The minimum atomic E-state index is -0.558. The lowest BCUT2D eigenvalue weighted by Crippen LogP contribution is -2.40. The number of hydrogen-bond acceptors (Lipinski definition) is 3. The summed E-state index contributed by atoms with van der Waals surface area (Å²) >= 11 is 0. The molecule has 25 heavy (non-hydrogen) atoms. The van der Waals surface area contributed by atoms with E-state index in [1.807, 2.05) is 32.0 Å². The zero-order valence-corrected chi connectivity index (χ0v) is 15.2. The first kappa shape index (κ1) is 20.7. The fourth-order valence-corrected chi connectivity index (χ4v) is 2.21. The molecular formula is C19H24ClN3O2. The van der Waals surface area contributed by atoms with E-state index < -0.39 is 6.04 Å². The van der Waals surface area contributed by atoms with Crippen LogP contribution in [0, 0.1) is 5.92 Å². The molecule has 5 nitrogen and oxygen atoms in total. The summed E-state index contributed by atoms with van der Waals surface area (Å²) in [7, 11) is 0. The highest BCUT2D eigenvalue weighted by molar-refractivity contribution is 6.04. The van der Waals surface area contributed by atoms with Gasteiger partial charge in [0.25, 0.3) is 5.91 Å². The smallest absolute Gasteiger partial charge is 0.255 e. The minimum Gasteiger partial charge on any atom is -0.325 e. The van der Waals surface area contributed by atoms with Crippen molar-refractivity contribution in [3.8, 4) is 0 Å². The monoisotopic (exact) mass is 361 g/mol. The van der Waals surface area contributed by atoms with Gasteiger partial charge in [0, 0.05) is 16.9 Å². The molecule has 0 spiro atoms. The zero-order valence-electron chi connectivity index (χ0n) is 14.4. The van der Waals surface area contributed by atoms with E-state index in [0.717, 1.165) is 6.42 Å². The van der Waals surface area contributed by atoms with Crippen LogP contribution in [-0.2, 0) is 4.79 Å². The zero-order chi connectivity index (χ0) is 17.5. The number of halogens is 1. The lowest BCUT2D eigenvalue weighted by molar-refractivity contribution is -0.118. The Morgan fingerprint density at radius 3 is 2.20 bits per heavy atom. The minimum absolute atomic E-state index is 0. The lowest BCUT2D eigenvalue weighted by atomic mass is 9.99. The fourth-order valence-electron chi connectivity index (χ4n) is 2.21. The predicted molar refractivity (Wildman–Crippen MR) is 104 cm³/mol. The molecule has 2 aromatic carbocycles. The summed E-state index contributed by atoms with van der Waals surface area (Å²) < 4.78 is 0. The van der Waals surface area contributed by atoms with Crippen LogP contribution in [0.5, 0.6) is 0 Å². The van der Waals surface area contributed by atoms with E-state index in [2.05, 4.69) is 10.6 Å².